The predicted octanol–water partition coefficient (Wildman–Crippen LogP) is 2.48. The molecule has 7 nitrogen and oxygen atoms in total. The molecule has 1 N–H and O–H groups in total. The Kier molecular flexibility index (Phi) is 6.74. The summed E-state index contributed by atoms with van der Waals surface area (Å²) < 4.78 is 25.5. The molecule has 27 heavy (non-hydrogen) atoms. The first-order valence-electron chi connectivity index (χ1n) is 8.21. The molecule has 0 amide bonds. The number of aromatic nitrogens is 4. The molecule has 1 atom stereocenters. The zero-order valence-electron chi connectivity index (χ0n) is 14.7. The van der Waals surface area contributed by atoms with Crippen LogP contribution < -0.4 is 4.74 Å². The van der Waals surface area contributed by atoms with Crippen molar-refractivity contribution in [2.45, 2.75) is 17.9 Å². The monoisotopic (exact) mass is 390 g/mol. The smallest absolute Gasteiger partial charge is 0.214 e. The van der Waals surface area contributed by atoms with Crippen molar-refractivity contribution < 1.29 is 19.0 Å². The molecule has 3 rings (SSSR count). The van der Waals surface area contributed by atoms with Crippen LogP contribution in [0.15, 0.2) is 53.7 Å². The minimum absolute atomic E-state index is 0.181. The van der Waals surface area contributed by atoms with Crippen molar-refractivity contribution in [2.75, 3.05) is 19.5 Å². The topological polar surface area (TPSA) is 82.3 Å². The molecular formula is C18H19FN4O3S. The van der Waals surface area contributed by atoms with Crippen LogP contribution in [0.25, 0.3) is 5.69 Å². The highest BCUT2D eigenvalue weighted by molar-refractivity contribution is 7.99. The number of hydrogen-bond acceptors (Lipinski definition) is 7. The molecular weight excluding hydrogens is 371 g/mol. The van der Waals surface area contributed by atoms with Gasteiger partial charge in [-0.05, 0) is 46.3 Å². The van der Waals surface area contributed by atoms with E-state index in [0.29, 0.717) is 23.2 Å². The third-order valence-corrected chi connectivity index (χ3v) is 4.70. The van der Waals surface area contributed by atoms with E-state index in [1.165, 1.54) is 28.6 Å². The molecule has 0 aliphatic rings. The fourth-order valence-electron chi connectivity index (χ4n) is 2.29. The van der Waals surface area contributed by atoms with Gasteiger partial charge >= 0.3 is 0 Å². The molecule has 0 bridgehead atoms. The fourth-order valence-corrected chi connectivity index (χ4v) is 3.09. The number of tetrazole rings is 1. The molecule has 2 aromatic carbocycles. The number of rotatable bonds is 9. The van der Waals surface area contributed by atoms with E-state index in [9.17, 15) is 9.50 Å². The Morgan fingerprint density at radius 2 is 2.04 bits per heavy atom. The van der Waals surface area contributed by atoms with Crippen LogP contribution >= 0.6 is 11.8 Å². The molecule has 0 aliphatic carbocycles. The molecule has 0 radical (unpaired) electrons. The van der Waals surface area contributed by atoms with Crippen LogP contribution in [0.2, 0.25) is 0 Å². The maximum Gasteiger partial charge on any atom is 0.214 e. The number of benzene rings is 2. The summed E-state index contributed by atoms with van der Waals surface area (Å²) in [6.07, 6.45) is -0.689. The van der Waals surface area contributed by atoms with Gasteiger partial charge < -0.3 is 14.6 Å². The van der Waals surface area contributed by atoms with Crippen molar-refractivity contribution in [3.63, 3.8) is 0 Å². The molecule has 1 unspecified atom stereocenters. The molecule has 3 aromatic rings. The van der Waals surface area contributed by atoms with Crippen LogP contribution in [0.4, 0.5) is 4.39 Å². The van der Waals surface area contributed by atoms with E-state index >= 15 is 0 Å². The van der Waals surface area contributed by atoms with Gasteiger partial charge in [0.15, 0.2) is 0 Å². The quantitative estimate of drug-likeness (QED) is 0.562. The Bertz CT molecular complexity index is 860. The van der Waals surface area contributed by atoms with E-state index in [4.69, 9.17) is 9.47 Å². The van der Waals surface area contributed by atoms with E-state index in [2.05, 4.69) is 15.5 Å². The number of halogens is 1. The molecule has 0 spiro atoms. The lowest BCUT2D eigenvalue weighted by molar-refractivity contribution is 0.0397. The van der Waals surface area contributed by atoms with Gasteiger partial charge in [0.1, 0.15) is 11.6 Å². The summed E-state index contributed by atoms with van der Waals surface area (Å²) in [4.78, 5) is 0. The van der Waals surface area contributed by atoms with Crippen molar-refractivity contribution >= 4 is 11.8 Å². The maximum absolute atomic E-state index is 13.4. The summed E-state index contributed by atoms with van der Waals surface area (Å²) in [5.41, 5.74) is 1.51. The van der Waals surface area contributed by atoms with E-state index < -0.39 is 6.10 Å². The minimum Gasteiger partial charge on any atom is -0.497 e. The average Bonchev–Trinajstić information content (AvgIpc) is 3.15. The van der Waals surface area contributed by atoms with Crippen LogP contribution in [0.3, 0.4) is 0 Å². The molecule has 1 aromatic heterocycles. The van der Waals surface area contributed by atoms with E-state index in [1.807, 2.05) is 24.3 Å². The first-order chi connectivity index (χ1) is 13.2. The Morgan fingerprint density at radius 3 is 2.78 bits per heavy atom. The van der Waals surface area contributed by atoms with Gasteiger partial charge in [0.2, 0.25) is 5.16 Å². The van der Waals surface area contributed by atoms with Crippen molar-refractivity contribution in [2.24, 2.45) is 0 Å². The van der Waals surface area contributed by atoms with Gasteiger partial charge in [0.25, 0.3) is 0 Å². The minimum atomic E-state index is -0.689. The fraction of sp³-hybridized carbons (Fsp3) is 0.278. The second-order valence-corrected chi connectivity index (χ2v) is 6.67. The number of nitrogens with zero attached hydrogens (tertiary/aromatic N) is 4. The van der Waals surface area contributed by atoms with Crippen molar-refractivity contribution in [1.29, 1.82) is 0 Å². The number of aliphatic hydroxyl groups is 1. The molecule has 1 heterocycles. The second kappa shape index (κ2) is 9.45. The van der Waals surface area contributed by atoms with E-state index in [-0.39, 0.29) is 12.4 Å². The summed E-state index contributed by atoms with van der Waals surface area (Å²) in [6, 6.07) is 13.5. The number of hydrogen-bond donors (Lipinski definition) is 1. The van der Waals surface area contributed by atoms with E-state index in [1.54, 1.807) is 19.2 Å². The molecule has 0 saturated carbocycles. The second-order valence-electron chi connectivity index (χ2n) is 5.68. The largest absolute Gasteiger partial charge is 0.497 e. The first kappa shape index (κ1) is 19.3. The summed E-state index contributed by atoms with van der Waals surface area (Å²) in [5, 5.41) is 22.0. The third-order valence-electron chi connectivity index (χ3n) is 3.64. The average molecular weight is 390 g/mol. The third kappa shape index (κ3) is 5.49. The lowest BCUT2D eigenvalue weighted by Gasteiger charge is -2.11. The normalized spacial score (nSPS) is 12.1. The number of methoxy groups -OCH3 is 1. The number of aliphatic hydroxyl groups excluding tert-OH is 1. The van der Waals surface area contributed by atoms with Gasteiger partial charge in [-0.25, -0.2) is 4.39 Å². The summed E-state index contributed by atoms with van der Waals surface area (Å²) in [6.45, 7) is 0.577. The molecule has 0 fully saturated rings. The summed E-state index contributed by atoms with van der Waals surface area (Å²) in [5.74, 6) is 0.760. The van der Waals surface area contributed by atoms with Crippen molar-refractivity contribution in [3.05, 3.63) is 59.9 Å². The predicted molar refractivity (Wildman–Crippen MR) is 98.5 cm³/mol. The van der Waals surface area contributed by atoms with Crippen molar-refractivity contribution in [1.82, 2.24) is 20.2 Å². The number of ether oxygens (including phenoxy) is 2. The highest BCUT2D eigenvalue weighted by Gasteiger charge is 2.13. The Balaban J connectivity index is 1.47. The van der Waals surface area contributed by atoms with Crippen LogP contribution in [0.1, 0.15) is 5.56 Å². The zero-order valence-corrected chi connectivity index (χ0v) is 15.5. The standard InChI is InChI=1S/C18H19FN4O3S/c1-25-17-7-5-13(6-8-17)10-26-11-16(24)12-27-18-20-21-22-23(18)15-4-2-3-14(19)9-15/h2-9,16,24H,10-12H2,1H3. The highest BCUT2D eigenvalue weighted by atomic mass is 32.2. The van der Waals surface area contributed by atoms with Crippen LogP contribution in [0.5, 0.6) is 5.75 Å². The van der Waals surface area contributed by atoms with Gasteiger partial charge in [-0.3, -0.25) is 0 Å². The Morgan fingerprint density at radius 1 is 1.22 bits per heavy atom. The van der Waals surface area contributed by atoms with Crippen LogP contribution in [-0.2, 0) is 11.3 Å². The highest BCUT2D eigenvalue weighted by Crippen LogP contribution is 2.19. The lowest BCUT2D eigenvalue weighted by atomic mass is 10.2. The Hall–Kier alpha value is -2.49. The van der Waals surface area contributed by atoms with E-state index in [0.717, 1.165) is 11.3 Å². The zero-order chi connectivity index (χ0) is 19.1. The van der Waals surface area contributed by atoms with Gasteiger partial charge in [-0.15, -0.1) is 5.10 Å². The summed E-state index contributed by atoms with van der Waals surface area (Å²) >= 11 is 1.27. The SMILES string of the molecule is COc1ccc(COCC(O)CSc2nnnn2-c2cccc(F)c2)cc1. The van der Waals surface area contributed by atoms with Gasteiger partial charge in [0, 0.05) is 5.75 Å². The Labute approximate surface area is 160 Å². The first-order valence-corrected chi connectivity index (χ1v) is 9.20. The molecule has 142 valence electrons. The van der Waals surface area contributed by atoms with Crippen molar-refractivity contribution in [3.8, 4) is 11.4 Å². The van der Waals surface area contributed by atoms with Gasteiger partial charge in [0.05, 0.1) is 32.1 Å². The number of thioether (sulfide) groups is 1. The van der Waals surface area contributed by atoms with Crippen LogP contribution in [-0.4, -0.2) is 50.9 Å². The van der Waals surface area contributed by atoms with Crippen LogP contribution in [0, 0.1) is 5.82 Å². The molecule has 9 heteroatoms. The maximum atomic E-state index is 13.4. The summed E-state index contributed by atoms with van der Waals surface area (Å²) in [7, 11) is 1.62. The van der Waals surface area contributed by atoms with Gasteiger partial charge in [-0.2, -0.15) is 4.68 Å². The molecule has 0 aliphatic heterocycles. The molecule has 0 saturated heterocycles. The lowest BCUT2D eigenvalue weighted by Crippen LogP contribution is -2.18. The van der Waals surface area contributed by atoms with Gasteiger partial charge in [-0.1, -0.05) is 30.0 Å².